The van der Waals surface area contributed by atoms with E-state index in [4.69, 9.17) is 4.74 Å². The average Bonchev–Trinajstić information content (AvgIpc) is 2.76. The van der Waals surface area contributed by atoms with Crippen LogP contribution in [0, 0.1) is 29.6 Å². The summed E-state index contributed by atoms with van der Waals surface area (Å²) in [6.45, 7) is 5.40. The molecule has 1 N–H and O–H groups in total. The first-order valence-corrected chi connectivity index (χ1v) is 7.69. The predicted octanol–water partition coefficient (Wildman–Crippen LogP) is 1.45. The van der Waals surface area contributed by atoms with Crippen molar-refractivity contribution in [3.05, 3.63) is 0 Å². The molecule has 0 aliphatic heterocycles. The standard InChI is InChI=1S/C15H28N2O/c1-17(7-5-16-6-8-18-2)10-13-14-11-3-4-12(9-11)15(13)14/h11-16H,3-10H2,1-2H3. The minimum atomic E-state index is 0.819. The maximum atomic E-state index is 5.03. The zero-order chi connectivity index (χ0) is 12.5. The molecule has 3 rings (SSSR count). The Hall–Kier alpha value is -0.120. The first kappa shape index (κ1) is 12.9. The van der Waals surface area contributed by atoms with Crippen LogP contribution in [0.25, 0.3) is 0 Å². The van der Waals surface area contributed by atoms with Gasteiger partial charge >= 0.3 is 0 Å². The molecule has 18 heavy (non-hydrogen) atoms. The molecule has 0 spiro atoms. The Morgan fingerprint density at radius 2 is 1.89 bits per heavy atom. The summed E-state index contributed by atoms with van der Waals surface area (Å²) in [4.78, 5) is 2.53. The van der Waals surface area contributed by atoms with Crippen LogP contribution < -0.4 is 5.32 Å². The molecular formula is C15H28N2O. The molecule has 4 unspecified atom stereocenters. The van der Waals surface area contributed by atoms with Gasteiger partial charge in [0.05, 0.1) is 6.61 Å². The number of hydrogen-bond acceptors (Lipinski definition) is 3. The van der Waals surface area contributed by atoms with E-state index in [2.05, 4.69) is 17.3 Å². The van der Waals surface area contributed by atoms with E-state index >= 15 is 0 Å². The fourth-order valence-corrected chi connectivity index (χ4v) is 4.77. The zero-order valence-corrected chi connectivity index (χ0v) is 11.9. The molecule has 3 fully saturated rings. The van der Waals surface area contributed by atoms with Crippen LogP contribution in [0.2, 0.25) is 0 Å². The van der Waals surface area contributed by atoms with E-state index in [0.717, 1.165) is 49.3 Å². The van der Waals surface area contributed by atoms with Crippen LogP contribution in [0.5, 0.6) is 0 Å². The first-order valence-electron chi connectivity index (χ1n) is 7.69. The van der Waals surface area contributed by atoms with E-state index in [9.17, 15) is 0 Å². The Morgan fingerprint density at radius 3 is 2.56 bits per heavy atom. The number of likely N-dealkylation sites (N-methyl/N-ethyl adjacent to an activating group) is 1. The molecule has 3 nitrogen and oxygen atoms in total. The van der Waals surface area contributed by atoms with Gasteiger partial charge in [0, 0.05) is 33.3 Å². The fourth-order valence-electron chi connectivity index (χ4n) is 4.77. The molecule has 0 heterocycles. The Kier molecular flexibility index (Phi) is 3.92. The molecule has 3 saturated carbocycles. The highest BCUT2D eigenvalue weighted by molar-refractivity contribution is 5.13. The Balaban J connectivity index is 1.30. The Labute approximate surface area is 111 Å². The van der Waals surface area contributed by atoms with Crippen molar-refractivity contribution >= 4 is 0 Å². The highest BCUT2D eigenvalue weighted by atomic mass is 16.5. The molecule has 3 aliphatic carbocycles. The van der Waals surface area contributed by atoms with Crippen molar-refractivity contribution in [2.45, 2.75) is 19.3 Å². The van der Waals surface area contributed by atoms with Crippen LogP contribution in [-0.2, 0) is 4.74 Å². The molecule has 0 aromatic heterocycles. The SMILES string of the molecule is COCCNCCN(C)CC1C2C3CCC(C3)C12. The second-order valence-electron chi connectivity index (χ2n) is 6.66. The molecule has 0 saturated heterocycles. The van der Waals surface area contributed by atoms with Crippen molar-refractivity contribution in [3.8, 4) is 0 Å². The summed E-state index contributed by atoms with van der Waals surface area (Å²) in [5.74, 6) is 5.57. The van der Waals surface area contributed by atoms with E-state index in [1.54, 1.807) is 26.4 Å². The molecular weight excluding hydrogens is 224 g/mol. The van der Waals surface area contributed by atoms with Crippen LogP contribution in [0.4, 0.5) is 0 Å². The third-order valence-corrected chi connectivity index (χ3v) is 5.57. The maximum Gasteiger partial charge on any atom is 0.0587 e. The van der Waals surface area contributed by atoms with E-state index in [1.807, 2.05) is 0 Å². The van der Waals surface area contributed by atoms with Gasteiger partial charge in [-0.2, -0.15) is 0 Å². The number of methoxy groups -OCH3 is 1. The lowest BCUT2D eigenvalue weighted by molar-refractivity contribution is 0.197. The molecule has 0 amide bonds. The molecule has 3 heteroatoms. The number of nitrogens with one attached hydrogen (secondary N) is 1. The first-order chi connectivity index (χ1) is 8.81. The molecule has 0 aromatic rings. The van der Waals surface area contributed by atoms with E-state index in [0.29, 0.717) is 0 Å². The lowest BCUT2D eigenvalue weighted by atomic mass is 10.0. The number of nitrogens with zero attached hydrogens (tertiary/aromatic N) is 1. The van der Waals surface area contributed by atoms with Gasteiger partial charge in [-0.05, 0) is 55.9 Å². The normalized spacial score (nSPS) is 40.5. The van der Waals surface area contributed by atoms with Gasteiger partial charge in [0.15, 0.2) is 0 Å². The molecule has 4 atom stereocenters. The van der Waals surface area contributed by atoms with Crippen LogP contribution in [-0.4, -0.2) is 51.8 Å². The van der Waals surface area contributed by atoms with Gasteiger partial charge in [-0.25, -0.2) is 0 Å². The largest absolute Gasteiger partial charge is 0.383 e. The second-order valence-corrected chi connectivity index (χ2v) is 6.66. The van der Waals surface area contributed by atoms with Gasteiger partial charge in [-0.1, -0.05) is 0 Å². The lowest BCUT2D eigenvalue weighted by Gasteiger charge is -2.19. The third-order valence-electron chi connectivity index (χ3n) is 5.57. The van der Waals surface area contributed by atoms with Crippen molar-refractivity contribution < 1.29 is 4.74 Å². The summed E-state index contributed by atoms with van der Waals surface area (Å²) in [5, 5.41) is 3.42. The quantitative estimate of drug-likeness (QED) is 0.662. The minimum absolute atomic E-state index is 0.819. The van der Waals surface area contributed by atoms with Crippen molar-refractivity contribution in [1.82, 2.24) is 10.2 Å². The summed E-state index contributed by atoms with van der Waals surface area (Å²) in [6.07, 6.45) is 4.67. The van der Waals surface area contributed by atoms with Gasteiger partial charge in [-0.15, -0.1) is 0 Å². The van der Waals surface area contributed by atoms with Crippen molar-refractivity contribution in [3.63, 3.8) is 0 Å². The van der Waals surface area contributed by atoms with Gasteiger partial charge in [0.2, 0.25) is 0 Å². The molecule has 104 valence electrons. The van der Waals surface area contributed by atoms with Gasteiger partial charge in [0.1, 0.15) is 0 Å². The minimum Gasteiger partial charge on any atom is -0.383 e. The highest BCUT2D eigenvalue weighted by Crippen LogP contribution is 2.69. The molecule has 0 radical (unpaired) electrons. The summed E-state index contributed by atoms with van der Waals surface area (Å²) in [6, 6.07) is 0. The summed E-state index contributed by atoms with van der Waals surface area (Å²) >= 11 is 0. The molecule has 0 aromatic carbocycles. The van der Waals surface area contributed by atoms with E-state index in [-0.39, 0.29) is 0 Å². The van der Waals surface area contributed by atoms with E-state index < -0.39 is 0 Å². The van der Waals surface area contributed by atoms with Crippen LogP contribution in [0.1, 0.15) is 19.3 Å². The van der Waals surface area contributed by atoms with Crippen LogP contribution in [0.15, 0.2) is 0 Å². The monoisotopic (exact) mass is 252 g/mol. The van der Waals surface area contributed by atoms with E-state index in [1.165, 1.54) is 13.1 Å². The average molecular weight is 252 g/mol. The third kappa shape index (κ3) is 2.45. The highest BCUT2D eigenvalue weighted by Gasteiger charge is 2.64. The van der Waals surface area contributed by atoms with Crippen molar-refractivity contribution in [2.75, 3.05) is 46.9 Å². The Morgan fingerprint density at radius 1 is 1.17 bits per heavy atom. The predicted molar refractivity (Wildman–Crippen MR) is 73.5 cm³/mol. The van der Waals surface area contributed by atoms with Gasteiger partial charge in [0.25, 0.3) is 0 Å². The second kappa shape index (κ2) is 5.48. The van der Waals surface area contributed by atoms with Gasteiger partial charge in [-0.3, -0.25) is 0 Å². The number of hydrogen-bond donors (Lipinski definition) is 1. The van der Waals surface area contributed by atoms with Gasteiger partial charge < -0.3 is 15.0 Å². The van der Waals surface area contributed by atoms with Crippen LogP contribution in [0.3, 0.4) is 0 Å². The summed E-state index contributed by atoms with van der Waals surface area (Å²) < 4.78 is 5.03. The van der Waals surface area contributed by atoms with Crippen molar-refractivity contribution in [2.24, 2.45) is 29.6 Å². The topological polar surface area (TPSA) is 24.5 Å². The number of fused-ring (bicyclic) bond motifs is 5. The lowest BCUT2D eigenvalue weighted by Crippen LogP contribution is -2.32. The molecule has 3 aliphatic rings. The summed E-state index contributed by atoms with van der Waals surface area (Å²) in [5.41, 5.74) is 0. The maximum absolute atomic E-state index is 5.03. The number of ether oxygens (including phenoxy) is 1. The van der Waals surface area contributed by atoms with Crippen molar-refractivity contribution in [1.29, 1.82) is 0 Å². The zero-order valence-electron chi connectivity index (χ0n) is 11.9. The Bertz CT molecular complexity index is 268. The smallest absolute Gasteiger partial charge is 0.0587 e. The molecule has 2 bridgehead atoms. The summed E-state index contributed by atoms with van der Waals surface area (Å²) in [7, 11) is 4.04. The fraction of sp³-hybridized carbons (Fsp3) is 1.00. The number of rotatable bonds is 8. The van der Waals surface area contributed by atoms with Crippen LogP contribution >= 0.6 is 0 Å².